The van der Waals surface area contributed by atoms with Crippen LogP contribution in [0.4, 0.5) is 0 Å². The molecule has 1 aromatic rings. The zero-order valence-corrected chi connectivity index (χ0v) is 9.35. The molecule has 0 spiro atoms. The minimum Gasteiger partial charge on any atom is -0.339 e. The highest BCUT2D eigenvalue weighted by Gasteiger charge is 2.04. The van der Waals surface area contributed by atoms with Gasteiger partial charge in [-0.1, -0.05) is 12.1 Å². The van der Waals surface area contributed by atoms with Crippen molar-refractivity contribution >= 4 is 11.8 Å². The first-order valence-corrected chi connectivity index (χ1v) is 6.11. The zero-order valence-electron chi connectivity index (χ0n) is 8.53. The molecule has 0 radical (unpaired) electrons. The summed E-state index contributed by atoms with van der Waals surface area (Å²) in [7, 11) is 0. The maximum Gasteiger partial charge on any atom is 0.226 e. The molecular weight excluding hydrogens is 198 g/mol. The fourth-order valence-electron chi connectivity index (χ4n) is 1.01. The summed E-state index contributed by atoms with van der Waals surface area (Å²) in [6, 6.07) is 0. The van der Waals surface area contributed by atoms with Crippen molar-refractivity contribution in [3.8, 4) is 0 Å². The average Bonchev–Trinajstić information content (AvgIpc) is 2.61. The van der Waals surface area contributed by atoms with Crippen molar-refractivity contribution in [2.75, 3.05) is 12.3 Å². The maximum atomic E-state index is 5.39. The highest BCUT2D eigenvalue weighted by Crippen LogP contribution is 2.10. The third-order valence-electron chi connectivity index (χ3n) is 1.70. The van der Waals surface area contributed by atoms with E-state index in [1.165, 1.54) is 0 Å². The van der Waals surface area contributed by atoms with Gasteiger partial charge in [0.05, 0.1) is 5.75 Å². The monoisotopic (exact) mass is 215 g/mol. The van der Waals surface area contributed by atoms with Crippen LogP contribution in [0.1, 0.15) is 31.5 Å². The lowest BCUT2D eigenvalue weighted by molar-refractivity contribution is 0.373. The summed E-state index contributed by atoms with van der Waals surface area (Å²) < 4.78 is 5.06. The van der Waals surface area contributed by atoms with Crippen molar-refractivity contribution in [3.05, 3.63) is 11.7 Å². The van der Waals surface area contributed by atoms with Crippen molar-refractivity contribution in [2.24, 2.45) is 5.73 Å². The van der Waals surface area contributed by atoms with E-state index in [9.17, 15) is 0 Å². The third kappa shape index (κ3) is 4.11. The normalized spacial score (nSPS) is 10.7. The fourth-order valence-corrected chi connectivity index (χ4v) is 1.83. The number of nitrogens with zero attached hydrogens (tertiary/aromatic N) is 2. The van der Waals surface area contributed by atoms with Crippen LogP contribution in [0.5, 0.6) is 0 Å². The smallest absolute Gasteiger partial charge is 0.226 e. The Morgan fingerprint density at radius 2 is 2.36 bits per heavy atom. The molecule has 0 fully saturated rings. The molecule has 0 atom stereocenters. The summed E-state index contributed by atoms with van der Waals surface area (Å²) in [5, 5.41) is 3.89. The lowest BCUT2D eigenvalue weighted by Crippen LogP contribution is -1.99. The summed E-state index contributed by atoms with van der Waals surface area (Å²) in [4.78, 5) is 4.27. The summed E-state index contributed by atoms with van der Waals surface area (Å²) in [5.74, 6) is 3.44. The number of aromatic nitrogens is 2. The van der Waals surface area contributed by atoms with E-state index in [1.807, 2.05) is 0 Å². The van der Waals surface area contributed by atoms with Gasteiger partial charge in [0, 0.05) is 6.42 Å². The molecule has 0 saturated carbocycles. The Balaban J connectivity index is 2.22. The molecule has 1 aromatic heterocycles. The molecule has 0 aliphatic heterocycles. The van der Waals surface area contributed by atoms with Crippen LogP contribution in [0.15, 0.2) is 4.52 Å². The Kier molecular flexibility index (Phi) is 5.63. The van der Waals surface area contributed by atoms with Crippen LogP contribution in [-0.2, 0) is 12.2 Å². The second kappa shape index (κ2) is 6.84. The third-order valence-corrected chi connectivity index (χ3v) is 2.74. The second-order valence-electron chi connectivity index (χ2n) is 3.05. The second-order valence-corrected chi connectivity index (χ2v) is 4.15. The van der Waals surface area contributed by atoms with E-state index in [4.69, 9.17) is 10.3 Å². The number of rotatable bonds is 7. The lowest BCUT2D eigenvalue weighted by atomic mass is 10.3. The van der Waals surface area contributed by atoms with E-state index in [2.05, 4.69) is 17.1 Å². The zero-order chi connectivity index (χ0) is 10.2. The van der Waals surface area contributed by atoms with Gasteiger partial charge in [-0.25, -0.2) is 0 Å². The molecule has 0 aliphatic rings. The maximum absolute atomic E-state index is 5.39. The number of hydrogen-bond acceptors (Lipinski definition) is 5. The van der Waals surface area contributed by atoms with E-state index in [0.29, 0.717) is 0 Å². The van der Waals surface area contributed by atoms with Crippen molar-refractivity contribution < 1.29 is 4.52 Å². The van der Waals surface area contributed by atoms with Gasteiger partial charge in [-0.05, 0) is 25.1 Å². The van der Waals surface area contributed by atoms with Gasteiger partial charge in [0.25, 0.3) is 0 Å². The van der Waals surface area contributed by atoms with Crippen molar-refractivity contribution in [1.82, 2.24) is 10.1 Å². The van der Waals surface area contributed by atoms with Crippen LogP contribution in [0, 0.1) is 0 Å². The molecule has 80 valence electrons. The van der Waals surface area contributed by atoms with Gasteiger partial charge in [-0.2, -0.15) is 16.7 Å². The van der Waals surface area contributed by atoms with Gasteiger partial charge in [-0.3, -0.25) is 0 Å². The SMILES string of the molecule is CCCc1nc(CSCCCN)no1. The molecule has 0 aromatic carbocycles. The Morgan fingerprint density at radius 1 is 1.50 bits per heavy atom. The minimum atomic E-state index is 0.750. The first-order valence-electron chi connectivity index (χ1n) is 4.96. The predicted molar refractivity (Wildman–Crippen MR) is 58.1 cm³/mol. The predicted octanol–water partition coefficient (Wildman–Crippen LogP) is 1.60. The van der Waals surface area contributed by atoms with Gasteiger partial charge >= 0.3 is 0 Å². The summed E-state index contributed by atoms with van der Waals surface area (Å²) in [5.41, 5.74) is 5.39. The highest BCUT2D eigenvalue weighted by molar-refractivity contribution is 7.98. The quantitative estimate of drug-likeness (QED) is 0.700. The van der Waals surface area contributed by atoms with Crippen LogP contribution in [-0.4, -0.2) is 22.4 Å². The largest absolute Gasteiger partial charge is 0.339 e. The topological polar surface area (TPSA) is 64.9 Å². The summed E-state index contributed by atoms with van der Waals surface area (Å²) >= 11 is 1.80. The lowest BCUT2D eigenvalue weighted by Gasteiger charge is -1.94. The van der Waals surface area contributed by atoms with E-state index < -0.39 is 0 Å². The first kappa shape index (κ1) is 11.5. The number of hydrogen-bond donors (Lipinski definition) is 1. The molecule has 5 heteroatoms. The van der Waals surface area contributed by atoms with Gasteiger partial charge in [0.2, 0.25) is 5.89 Å². The average molecular weight is 215 g/mol. The van der Waals surface area contributed by atoms with E-state index in [-0.39, 0.29) is 0 Å². The molecule has 0 saturated heterocycles. The Hall–Kier alpha value is -0.550. The van der Waals surface area contributed by atoms with E-state index >= 15 is 0 Å². The van der Waals surface area contributed by atoms with E-state index in [1.54, 1.807) is 11.8 Å². The molecule has 0 bridgehead atoms. The molecule has 4 nitrogen and oxygen atoms in total. The molecule has 0 aliphatic carbocycles. The molecule has 0 unspecified atom stereocenters. The fraction of sp³-hybridized carbons (Fsp3) is 0.778. The van der Waals surface area contributed by atoms with Crippen LogP contribution in [0.2, 0.25) is 0 Å². The molecule has 0 amide bonds. The Labute approximate surface area is 88.6 Å². The van der Waals surface area contributed by atoms with Crippen LogP contribution < -0.4 is 5.73 Å². The summed E-state index contributed by atoms with van der Waals surface area (Å²) in [6.45, 7) is 2.85. The Morgan fingerprint density at radius 3 is 3.07 bits per heavy atom. The van der Waals surface area contributed by atoms with Crippen molar-refractivity contribution in [3.63, 3.8) is 0 Å². The first-order chi connectivity index (χ1) is 6.86. The number of aryl methyl sites for hydroxylation is 1. The highest BCUT2D eigenvalue weighted by atomic mass is 32.2. The standard InChI is InChI=1S/C9H17N3OS/c1-2-4-9-11-8(12-13-9)7-14-6-3-5-10/h2-7,10H2,1H3. The van der Waals surface area contributed by atoms with E-state index in [0.717, 1.165) is 49.0 Å². The summed E-state index contributed by atoms with van der Waals surface area (Å²) in [6.07, 6.45) is 2.97. The van der Waals surface area contributed by atoms with Crippen LogP contribution in [0.3, 0.4) is 0 Å². The van der Waals surface area contributed by atoms with Crippen molar-refractivity contribution in [1.29, 1.82) is 0 Å². The van der Waals surface area contributed by atoms with Crippen LogP contribution in [0.25, 0.3) is 0 Å². The Bertz CT molecular complexity index is 252. The molecule has 1 rings (SSSR count). The molecule has 1 heterocycles. The number of nitrogens with two attached hydrogens (primary N) is 1. The molecule has 14 heavy (non-hydrogen) atoms. The minimum absolute atomic E-state index is 0.750. The van der Waals surface area contributed by atoms with Gasteiger partial charge in [0.15, 0.2) is 5.82 Å². The molecular formula is C9H17N3OS. The van der Waals surface area contributed by atoms with Gasteiger partial charge in [-0.15, -0.1) is 0 Å². The molecule has 2 N–H and O–H groups in total. The van der Waals surface area contributed by atoms with Crippen molar-refractivity contribution in [2.45, 2.75) is 31.9 Å². The van der Waals surface area contributed by atoms with Gasteiger partial charge < -0.3 is 10.3 Å². The van der Waals surface area contributed by atoms with Gasteiger partial charge in [0.1, 0.15) is 0 Å². The van der Waals surface area contributed by atoms with Crippen LogP contribution >= 0.6 is 11.8 Å². The number of thioether (sulfide) groups is 1.